The number of hydrogen-bond donors (Lipinski definition) is 3. The number of halogens is 3. The van der Waals surface area contributed by atoms with Crippen molar-refractivity contribution in [3.05, 3.63) is 65.2 Å². The lowest BCUT2D eigenvalue weighted by Gasteiger charge is -2.19. The van der Waals surface area contributed by atoms with Gasteiger partial charge in [0.15, 0.2) is 0 Å². The van der Waals surface area contributed by atoms with E-state index in [9.17, 15) is 32.3 Å². The normalized spacial score (nSPS) is 13.9. The van der Waals surface area contributed by atoms with Gasteiger partial charge in [-0.1, -0.05) is 12.1 Å². The zero-order valence-electron chi connectivity index (χ0n) is 20.0. The molecule has 1 aliphatic rings. The quantitative estimate of drug-likeness (QED) is 0.193. The lowest BCUT2D eigenvalue weighted by molar-refractivity contribution is -0.202. The molecule has 0 saturated carbocycles. The maximum absolute atomic E-state index is 12.8. The summed E-state index contributed by atoms with van der Waals surface area (Å²) in [6.07, 6.45) is -4.34. The molecule has 0 aliphatic carbocycles. The third kappa shape index (κ3) is 7.79. The van der Waals surface area contributed by atoms with Crippen LogP contribution in [0, 0.1) is 5.41 Å². The van der Waals surface area contributed by atoms with Crippen molar-refractivity contribution >= 4 is 29.6 Å². The number of alkyl halides is 3. The van der Waals surface area contributed by atoms with E-state index in [0.717, 1.165) is 12.8 Å². The Kier molecular flexibility index (Phi) is 9.05. The number of benzene rings is 2. The Morgan fingerprint density at radius 2 is 1.63 bits per heavy atom. The Bertz CT molecular complexity index is 1210. The molecule has 1 heterocycles. The molecule has 0 radical (unpaired) electrons. The van der Waals surface area contributed by atoms with Crippen LogP contribution in [0.15, 0.2) is 48.5 Å². The fraction of sp³-hybridized carbons (Fsp3) is 0.320. The molecule has 2 amide bonds. The molecule has 38 heavy (non-hydrogen) atoms. The van der Waals surface area contributed by atoms with Crippen molar-refractivity contribution < 1.29 is 41.8 Å². The second-order valence-electron chi connectivity index (χ2n) is 8.46. The van der Waals surface area contributed by atoms with Crippen LogP contribution in [0.4, 0.5) is 13.2 Å². The maximum atomic E-state index is 12.8. The van der Waals surface area contributed by atoms with E-state index in [1.54, 1.807) is 17.0 Å². The minimum atomic E-state index is -5.37. The maximum Gasteiger partial charge on any atom is 0.491 e. The van der Waals surface area contributed by atoms with Gasteiger partial charge >= 0.3 is 18.1 Å². The highest BCUT2D eigenvalue weighted by atomic mass is 19.4. The van der Waals surface area contributed by atoms with E-state index in [-0.39, 0.29) is 23.1 Å². The molecule has 1 aliphatic heterocycles. The molecular formula is C25H25F3N4O6. The topological polar surface area (TPSA) is 152 Å². The van der Waals surface area contributed by atoms with Crippen LogP contribution in [0.5, 0.6) is 5.75 Å². The number of nitrogen functional groups attached to an aromatic ring is 1. The molecule has 1 saturated heterocycles. The van der Waals surface area contributed by atoms with Crippen molar-refractivity contribution in [1.29, 1.82) is 5.41 Å². The predicted molar refractivity (Wildman–Crippen MR) is 128 cm³/mol. The number of esters is 2. The molecule has 1 atom stereocenters. The van der Waals surface area contributed by atoms with Crippen LogP contribution in [0.2, 0.25) is 0 Å². The summed E-state index contributed by atoms with van der Waals surface area (Å²) in [7, 11) is 0. The first-order chi connectivity index (χ1) is 17.9. The van der Waals surface area contributed by atoms with Gasteiger partial charge in [0.05, 0.1) is 12.5 Å². The fourth-order valence-corrected chi connectivity index (χ4v) is 3.64. The van der Waals surface area contributed by atoms with E-state index in [1.165, 1.54) is 36.4 Å². The number of nitrogens with one attached hydrogen (secondary N) is 2. The number of rotatable bonds is 9. The van der Waals surface area contributed by atoms with E-state index in [4.69, 9.17) is 15.9 Å². The summed E-state index contributed by atoms with van der Waals surface area (Å²) in [5.41, 5.74) is 6.29. The molecular weight excluding hydrogens is 509 g/mol. The smallest absolute Gasteiger partial charge is 0.491 e. The number of nitrogens with two attached hydrogens (primary N) is 1. The Hall–Kier alpha value is -4.42. The van der Waals surface area contributed by atoms with Crippen LogP contribution in [0.25, 0.3) is 0 Å². The molecule has 13 heteroatoms. The van der Waals surface area contributed by atoms with Crippen LogP contribution in [-0.2, 0) is 14.3 Å². The van der Waals surface area contributed by atoms with E-state index in [1.807, 2.05) is 0 Å². The number of carbonyl (C=O) groups is 4. The van der Waals surface area contributed by atoms with Crippen LogP contribution < -0.4 is 15.8 Å². The average molecular weight is 534 g/mol. The summed E-state index contributed by atoms with van der Waals surface area (Å²) in [5.74, 6) is -5.09. The summed E-state index contributed by atoms with van der Waals surface area (Å²) in [4.78, 5) is 50.0. The highest BCUT2D eigenvalue weighted by Gasteiger charge is 2.42. The predicted octanol–water partition coefficient (Wildman–Crippen LogP) is 2.41. The summed E-state index contributed by atoms with van der Waals surface area (Å²) in [6.45, 7) is 0.921. The summed E-state index contributed by atoms with van der Waals surface area (Å²) >= 11 is 0. The van der Waals surface area contributed by atoms with Crippen molar-refractivity contribution in [1.82, 2.24) is 10.2 Å². The van der Waals surface area contributed by atoms with Gasteiger partial charge in [0.1, 0.15) is 18.2 Å². The largest absolute Gasteiger partial charge is 0.491 e. The van der Waals surface area contributed by atoms with E-state index in [2.05, 4.69) is 10.1 Å². The van der Waals surface area contributed by atoms with E-state index < -0.39 is 43.1 Å². The van der Waals surface area contributed by atoms with Gasteiger partial charge in [-0.3, -0.25) is 19.8 Å². The highest BCUT2D eigenvalue weighted by Crippen LogP contribution is 2.18. The number of amidine groups is 1. The second-order valence-corrected chi connectivity index (χ2v) is 8.46. The lowest BCUT2D eigenvalue weighted by Crippen LogP contribution is -2.41. The molecule has 3 rings (SSSR count). The van der Waals surface area contributed by atoms with Gasteiger partial charge in [0.2, 0.25) is 0 Å². The average Bonchev–Trinajstić information content (AvgIpc) is 3.41. The van der Waals surface area contributed by atoms with Crippen LogP contribution in [0.1, 0.15) is 45.5 Å². The van der Waals surface area contributed by atoms with E-state index >= 15 is 0 Å². The van der Waals surface area contributed by atoms with Gasteiger partial charge in [-0.15, -0.1) is 0 Å². The number of carbonyl (C=O) groups excluding carboxylic acids is 4. The monoisotopic (exact) mass is 534 g/mol. The first-order valence-corrected chi connectivity index (χ1v) is 11.5. The van der Waals surface area contributed by atoms with Crippen molar-refractivity contribution in [3.8, 4) is 5.75 Å². The van der Waals surface area contributed by atoms with Crippen molar-refractivity contribution in [2.75, 3.05) is 19.7 Å². The molecule has 0 aromatic heterocycles. The summed E-state index contributed by atoms with van der Waals surface area (Å²) < 4.78 is 46.8. The zero-order chi connectivity index (χ0) is 27.9. The van der Waals surface area contributed by atoms with Crippen molar-refractivity contribution in [2.45, 2.75) is 31.5 Å². The molecule has 2 aromatic carbocycles. The van der Waals surface area contributed by atoms with Crippen molar-refractivity contribution in [2.24, 2.45) is 5.73 Å². The Balaban J connectivity index is 1.70. The third-order valence-corrected chi connectivity index (χ3v) is 5.57. The molecule has 4 N–H and O–H groups in total. The Morgan fingerprint density at radius 1 is 1.00 bits per heavy atom. The van der Waals surface area contributed by atoms with Gasteiger partial charge < -0.3 is 25.4 Å². The second kappa shape index (κ2) is 12.2. The molecule has 10 nitrogen and oxygen atoms in total. The van der Waals surface area contributed by atoms with Gasteiger partial charge in [0, 0.05) is 29.8 Å². The summed E-state index contributed by atoms with van der Waals surface area (Å²) in [6, 6.07) is 10.6. The van der Waals surface area contributed by atoms with Crippen LogP contribution in [-0.4, -0.2) is 66.4 Å². The third-order valence-electron chi connectivity index (χ3n) is 5.57. The fourth-order valence-electron chi connectivity index (χ4n) is 3.64. The number of amides is 2. The number of ether oxygens (including phenoxy) is 2. The first-order valence-electron chi connectivity index (χ1n) is 11.5. The SMILES string of the molecule is N=C(N)c1cccc(OC[C@@H](CC(=O)OC(=O)C(F)(F)F)NC(=O)c2ccc(C(=O)N3CCCC3)cc2)c1. The Labute approximate surface area is 215 Å². The van der Waals surface area contributed by atoms with Gasteiger partial charge in [-0.2, -0.15) is 13.2 Å². The molecule has 1 fully saturated rings. The van der Waals surface area contributed by atoms with Gasteiger partial charge in [0.25, 0.3) is 11.8 Å². The summed E-state index contributed by atoms with van der Waals surface area (Å²) in [5, 5.41) is 9.96. The Morgan fingerprint density at radius 3 is 2.24 bits per heavy atom. The molecule has 0 spiro atoms. The van der Waals surface area contributed by atoms with Crippen molar-refractivity contribution in [3.63, 3.8) is 0 Å². The van der Waals surface area contributed by atoms with E-state index in [0.29, 0.717) is 24.2 Å². The minimum Gasteiger partial charge on any atom is -0.491 e. The number of nitrogens with zero attached hydrogens (tertiary/aromatic N) is 1. The molecule has 202 valence electrons. The highest BCUT2D eigenvalue weighted by molar-refractivity contribution is 5.98. The van der Waals surface area contributed by atoms with Crippen LogP contribution >= 0.6 is 0 Å². The lowest BCUT2D eigenvalue weighted by atomic mass is 10.1. The zero-order valence-corrected chi connectivity index (χ0v) is 20.0. The molecule has 0 bridgehead atoms. The van der Waals surface area contributed by atoms with Crippen LogP contribution in [0.3, 0.4) is 0 Å². The standard InChI is InChI=1S/C25H25F3N4O6/c26-25(27,28)24(36)38-20(33)13-18(14-37-19-5-3-4-17(12-19)21(29)30)31-22(34)15-6-8-16(9-7-15)23(35)32-10-1-2-11-32/h3-9,12,18H,1-2,10-11,13-14H2,(H3,29,30)(H,31,34)/t18-/m1/s1. The van der Waals surface area contributed by atoms with Gasteiger partial charge in [-0.05, 0) is 49.2 Å². The minimum absolute atomic E-state index is 0.117. The molecule has 2 aromatic rings. The first kappa shape index (κ1) is 28.2. The number of likely N-dealkylation sites (tertiary alicyclic amines) is 1. The number of hydrogen-bond acceptors (Lipinski definition) is 7. The van der Waals surface area contributed by atoms with Gasteiger partial charge in [-0.25, -0.2) is 4.79 Å². The molecule has 0 unspecified atom stereocenters.